The van der Waals surface area contributed by atoms with E-state index in [4.69, 9.17) is 0 Å². The zero-order valence-corrected chi connectivity index (χ0v) is 19.4. The van der Waals surface area contributed by atoms with Gasteiger partial charge in [0.15, 0.2) is 0 Å². The summed E-state index contributed by atoms with van der Waals surface area (Å²) in [7, 11) is 0. The first-order chi connectivity index (χ1) is 16.3. The summed E-state index contributed by atoms with van der Waals surface area (Å²) < 4.78 is 0. The van der Waals surface area contributed by atoms with Crippen LogP contribution in [0.3, 0.4) is 0 Å². The number of piperazine rings is 1. The van der Waals surface area contributed by atoms with Crippen molar-refractivity contribution >= 4 is 0 Å². The van der Waals surface area contributed by atoms with Crippen molar-refractivity contribution in [3.63, 3.8) is 0 Å². The van der Waals surface area contributed by atoms with Crippen molar-refractivity contribution in [2.24, 2.45) is 0 Å². The predicted molar refractivity (Wildman–Crippen MR) is 138 cm³/mol. The van der Waals surface area contributed by atoms with Crippen LogP contribution in [0.5, 0.6) is 0 Å². The molecule has 0 spiro atoms. The second-order valence-corrected chi connectivity index (χ2v) is 9.10. The van der Waals surface area contributed by atoms with Gasteiger partial charge in [-0.15, -0.1) is 0 Å². The van der Waals surface area contributed by atoms with Gasteiger partial charge >= 0.3 is 0 Å². The minimum Gasteiger partial charge on any atom is -0.297 e. The first kappa shape index (κ1) is 21.6. The van der Waals surface area contributed by atoms with Gasteiger partial charge in [0.05, 0.1) is 6.04 Å². The molecular weight excluding hydrogens is 400 g/mol. The highest BCUT2D eigenvalue weighted by atomic mass is 15.3. The van der Waals surface area contributed by atoms with E-state index in [9.17, 15) is 0 Å². The number of hydrogen-bond donors (Lipinski definition) is 0. The maximum Gasteiger partial charge on any atom is 0.0602 e. The average molecular weight is 433 g/mol. The number of aryl methyl sites for hydroxylation is 1. The van der Waals surface area contributed by atoms with Gasteiger partial charge in [-0.25, -0.2) is 0 Å². The lowest BCUT2D eigenvalue weighted by atomic mass is 9.96. The van der Waals surface area contributed by atoms with Gasteiger partial charge in [-0.1, -0.05) is 109 Å². The van der Waals surface area contributed by atoms with Crippen molar-refractivity contribution in [3.05, 3.63) is 131 Å². The lowest BCUT2D eigenvalue weighted by Crippen LogP contribution is -2.47. The maximum absolute atomic E-state index is 2.64. The molecule has 0 saturated carbocycles. The van der Waals surface area contributed by atoms with Gasteiger partial charge in [0.25, 0.3) is 0 Å². The quantitative estimate of drug-likeness (QED) is 0.340. The average Bonchev–Trinajstić information content (AvgIpc) is 2.87. The second kappa shape index (κ2) is 10.2. The molecule has 5 rings (SSSR count). The Morgan fingerprint density at radius 2 is 1.21 bits per heavy atom. The molecule has 2 heteroatoms. The Labute approximate surface area is 198 Å². The summed E-state index contributed by atoms with van der Waals surface area (Å²) in [5.74, 6) is 0. The summed E-state index contributed by atoms with van der Waals surface area (Å²) in [5.41, 5.74) is 8.05. The van der Waals surface area contributed by atoms with E-state index in [2.05, 4.69) is 126 Å². The van der Waals surface area contributed by atoms with E-state index in [0.717, 1.165) is 32.7 Å². The minimum absolute atomic E-state index is 0.319. The number of rotatable bonds is 6. The largest absolute Gasteiger partial charge is 0.297 e. The molecule has 0 unspecified atom stereocenters. The van der Waals surface area contributed by atoms with Crippen LogP contribution in [0.1, 0.15) is 28.3 Å². The third-order valence-electron chi connectivity index (χ3n) is 6.72. The Bertz CT molecular complexity index is 1100. The van der Waals surface area contributed by atoms with Gasteiger partial charge in [-0.2, -0.15) is 0 Å². The molecule has 4 aromatic rings. The van der Waals surface area contributed by atoms with Crippen LogP contribution in [-0.2, 0) is 6.54 Å². The topological polar surface area (TPSA) is 6.48 Å². The zero-order valence-electron chi connectivity index (χ0n) is 19.4. The summed E-state index contributed by atoms with van der Waals surface area (Å²) in [6.07, 6.45) is 0. The van der Waals surface area contributed by atoms with E-state index >= 15 is 0 Å². The first-order valence-electron chi connectivity index (χ1n) is 12.0. The van der Waals surface area contributed by atoms with Gasteiger partial charge in [0.1, 0.15) is 0 Å². The zero-order chi connectivity index (χ0) is 22.5. The van der Waals surface area contributed by atoms with Crippen molar-refractivity contribution < 1.29 is 0 Å². The molecule has 0 aliphatic carbocycles. The minimum atomic E-state index is 0.319. The Morgan fingerprint density at radius 3 is 1.82 bits per heavy atom. The Hall–Kier alpha value is -3.20. The van der Waals surface area contributed by atoms with E-state index < -0.39 is 0 Å². The molecule has 0 amide bonds. The standard InChI is InChI=1S/C31H32N2/c1-25-15-17-27(18-16-25)30-14-8-9-26(23-30)24-32-19-21-33(22-20-32)31(28-10-4-2-5-11-28)29-12-6-3-7-13-29/h2-18,23,31H,19-22,24H2,1H3. The lowest BCUT2D eigenvalue weighted by Gasteiger charge is -2.40. The highest BCUT2D eigenvalue weighted by Crippen LogP contribution is 2.30. The van der Waals surface area contributed by atoms with Crippen molar-refractivity contribution in [3.8, 4) is 11.1 Å². The molecule has 0 radical (unpaired) electrons. The van der Waals surface area contributed by atoms with Crippen LogP contribution in [-0.4, -0.2) is 36.0 Å². The summed E-state index contributed by atoms with van der Waals surface area (Å²) in [5, 5.41) is 0. The van der Waals surface area contributed by atoms with Gasteiger partial charge in [0.2, 0.25) is 0 Å². The first-order valence-corrected chi connectivity index (χ1v) is 12.0. The fourth-order valence-corrected chi connectivity index (χ4v) is 4.92. The molecule has 1 aliphatic heterocycles. The normalized spacial score (nSPS) is 15.1. The number of benzene rings is 4. The molecule has 1 saturated heterocycles. The highest BCUT2D eigenvalue weighted by Gasteiger charge is 2.26. The third-order valence-corrected chi connectivity index (χ3v) is 6.72. The van der Waals surface area contributed by atoms with Gasteiger partial charge < -0.3 is 0 Å². The Kier molecular flexibility index (Phi) is 6.66. The molecular formula is C31H32N2. The van der Waals surface area contributed by atoms with E-state index in [0.29, 0.717) is 6.04 Å². The van der Waals surface area contributed by atoms with Crippen LogP contribution in [0.25, 0.3) is 11.1 Å². The fourth-order valence-electron chi connectivity index (χ4n) is 4.92. The van der Waals surface area contributed by atoms with Crippen molar-refractivity contribution in [2.45, 2.75) is 19.5 Å². The van der Waals surface area contributed by atoms with Crippen LogP contribution in [0.4, 0.5) is 0 Å². The molecule has 0 atom stereocenters. The van der Waals surface area contributed by atoms with Crippen LogP contribution in [0.2, 0.25) is 0 Å². The van der Waals surface area contributed by atoms with Crippen molar-refractivity contribution in [1.82, 2.24) is 9.80 Å². The van der Waals surface area contributed by atoms with Crippen LogP contribution < -0.4 is 0 Å². The monoisotopic (exact) mass is 432 g/mol. The summed E-state index contributed by atoms with van der Waals surface area (Å²) >= 11 is 0. The summed E-state index contributed by atoms with van der Waals surface area (Å²) in [6.45, 7) is 7.48. The molecule has 0 aromatic heterocycles. The van der Waals surface area contributed by atoms with Crippen LogP contribution >= 0.6 is 0 Å². The maximum atomic E-state index is 2.64. The van der Waals surface area contributed by atoms with Crippen LogP contribution in [0.15, 0.2) is 109 Å². The third kappa shape index (κ3) is 5.24. The van der Waals surface area contributed by atoms with Crippen molar-refractivity contribution in [2.75, 3.05) is 26.2 Å². The summed E-state index contributed by atoms with van der Waals surface area (Å²) in [4.78, 5) is 5.24. The van der Waals surface area contributed by atoms with Gasteiger partial charge in [0, 0.05) is 32.7 Å². The lowest BCUT2D eigenvalue weighted by molar-refractivity contribution is 0.105. The van der Waals surface area contributed by atoms with Gasteiger partial charge in [-0.3, -0.25) is 9.80 Å². The predicted octanol–water partition coefficient (Wildman–Crippen LogP) is 6.57. The van der Waals surface area contributed by atoms with Gasteiger partial charge in [-0.05, 0) is 40.8 Å². The molecule has 1 fully saturated rings. The molecule has 1 aliphatic rings. The van der Waals surface area contributed by atoms with Crippen LogP contribution in [0, 0.1) is 6.92 Å². The van der Waals surface area contributed by atoms with E-state index in [1.165, 1.54) is 33.4 Å². The van der Waals surface area contributed by atoms with E-state index in [1.807, 2.05) is 0 Å². The smallest absolute Gasteiger partial charge is 0.0602 e. The van der Waals surface area contributed by atoms with E-state index in [-0.39, 0.29) is 0 Å². The molecule has 2 nitrogen and oxygen atoms in total. The fraction of sp³-hybridized carbons (Fsp3) is 0.226. The molecule has 33 heavy (non-hydrogen) atoms. The molecule has 0 bridgehead atoms. The second-order valence-electron chi connectivity index (χ2n) is 9.10. The van der Waals surface area contributed by atoms with Crippen molar-refractivity contribution in [1.29, 1.82) is 0 Å². The Balaban J connectivity index is 1.27. The molecule has 166 valence electrons. The number of nitrogens with zero attached hydrogens (tertiary/aromatic N) is 2. The molecule has 4 aromatic carbocycles. The van der Waals surface area contributed by atoms with E-state index in [1.54, 1.807) is 0 Å². The molecule has 1 heterocycles. The molecule has 0 N–H and O–H groups in total. The number of hydrogen-bond acceptors (Lipinski definition) is 2. The highest BCUT2D eigenvalue weighted by molar-refractivity contribution is 5.64. The Morgan fingerprint density at radius 1 is 0.606 bits per heavy atom. The summed E-state index contributed by atoms with van der Waals surface area (Å²) in [6, 6.07) is 40.1. The SMILES string of the molecule is Cc1ccc(-c2cccc(CN3CCN(C(c4ccccc4)c4ccccc4)CC3)c2)cc1.